The third-order valence-electron chi connectivity index (χ3n) is 3.68. The lowest BCUT2D eigenvalue weighted by Crippen LogP contribution is -2.36. The zero-order valence-corrected chi connectivity index (χ0v) is 11.9. The van der Waals surface area contributed by atoms with E-state index in [1.807, 2.05) is 13.8 Å². The van der Waals surface area contributed by atoms with E-state index in [4.69, 9.17) is 4.74 Å². The second-order valence-corrected chi connectivity index (χ2v) is 5.35. The first-order chi connectivity index (χ1) is 9.11. The highest BCUT2D eigenvalue weighted by atomic mass is 16.5. The highest BCUT2D eigenvalue weighted by molar-refractivity contribution is 5.55. The van der Waals surface area contributed by atoms with Crippen LogP contribution in [0.1, 0.15) is 20.3 Å². The fraction of sp³-hybridized carbons (Fsp3) is 0.600. The summed E-state index contributed by atoms with van der Waals surface area (Å²) in [4.78, 5) is 2.33. The molecule has 19 heavy (non-hydrogen) atoms. The molecule has 1 saturated heterocycles. The lowest BCUT2D eigenvalue weighted by molar-refractivity contribution is 0.0697. The zero-order chi connectivity index (χ0) is 13.7. The van der Waals surface area contributed by atoms with Gasteiger partial charge in [0.25, 0.3) is 0 Å². The molecule has 0 aromatic heterocycles. The van der Waals surface area contributed by atoms with Crippen molar-refractivity contribution in [3.63, 3.8) is 0 Å². The number of hydrogen-bond acceptors (Lipinski definition) is 4. The van der Waals surface area contributed by atoms with E-state index < -0.39 is 5.60 Å². The van der Waals surface area contributed by atoms with Gasteiger partial charge in [0.1, 0.15) is 0 Å². The standard InChI is InChI=1S/C15H24N2O2/c1-3-15(2,18)12-16-13-4-6-14(7-5-13)17-8-10-19-11-9-17/h4-7,16,18H,3,8-12H2,1-2H3. The summed E-state index contributed by atoms with van der Waals surface area (Å²) in [5.41, 5.74) is 1.63. The molecule has 1 aromatic carbocycles. The van der Waals surface area contributed by atoms with Crippen molar-refractivity contribution in [3.8, 4) is 0 Å². The number of hydrogen-bond donors (Lipinski definition) is 2. The minimum Gasteiger partial charge on any atom is -0.388 e. The topological polar surface area (TPSA) is 44.7 Å². The zero-order valence-electron chi connectivity index (χ0n) is 11.9. The molecule has 2 N–H and O–H groups in total. The Labute approximate surface area is 115 Å². The Kier molecular flexibility index (Phi) is 4.66. The van der Waals surface area contributed by atoms with Gasteiger partial charge in [0.2, 0.25) is 0 Å². The van der Waals surface area contributed by atoms with Crippen LogP contribution in [0.25, 0.3) is 0 Å². The van der Waals surface area contributed by atoms with Crippen molar-refractivity contribution in [2.75, 3.05) is 43.1 Å². The van der Waals surface area contributed by atoms with Gasteiger partial charge in [-0.25, -0.2) is 0 Å². The third-order valence-corrected chi connectivity index (χ3v) is 3.68. The summed E-state index contributed by atoms with van der Waals surface area (Å²) in [5, 5.41) is 13.2. The van der Waals surface area contributed by atoms with E-state index in [0.29, 0.717) is 6.54 Å². The Morgan fingerprint density at radius 3 is 2.47 bits per heavy atom. The highest BCUT2D eigenvalue weighted by Gasteiger charge is 2.16. The second kappa shape index (κ2) is 6.26. The molecule has 0 amide bonds. The monoisotopic (exact) mass is 264 g/mol. The maximum absolute atomic E-state index is 9.96. The average molecular weight is 264 g/mol. The molecule has 0 radical (unpaired) electrons. The molecule has 0 saturated carbocycles. The van der Waals surface area contributed by atoms with Crippen LogP contribution in [0.5, 0.6) is 0 Å². The van der Waals surface area contributed by atoms with Gasteiger partial charge in [0, 0.05) is 31.0 Å². The van der Waals surface area contributed by atoms with E-state index in [1.165, 1.54) is 5.69 Å². The number of morpholine rings is 1. The predicted octanol–water partition coefficient (Wildman–Crippen LogP) is 2.10. The van der Waals surface area contributed by atoms with Gasteiger partial charge >= 0.3 is 0 Å². The van der Waals surface area contributed by atoms with Crippen molar-refractivity contribution in [2.45, 2.75) is 25.9 Å². The van der Waals surface area contributed by atoms with Gasteiger partial charge in [-0.15, -0.1) is 0 Å². The number of aliphatic hydroxyl groups is 1. The largest absolute Gasteiger partial charge is 0.388 e. The normalized spacial score (nSPS) is 19.0. The molecule has 106 valence electrons. The Hall–Kier alpha value is -1.26. The van der Waals surface area contributed by atoms with Gasteiger partial charge in [0.05, 0.1) is 18.8 Å². The SMILES string of the molecule is CCC(C)(O)CNc1ccc(N2CCOCC2)cc1. The summed E-state index contributed by atoms with van der Waals surface area (Å²) in [6.45, 7) is 7.93. The van der Waals surface area contributed by atoms with Crippen LogP contribution < -0.4 is 10.2 Å². The Morgan fingerprint density at radius 1 is 1.26 bits per heavy atom. The summed E-state index contributed by atoms with van der Waals surface area (Å²) in [7, 11) is 0. The smallest absolute Gasteiger partial charge is 0.0788 e. The molecule has 1 heterocycles. The van der Waals surface area contributed by atoms with Crippen molar-refractivity contribution in [1.29, 1.82) is 0 Å². The van der Waals surface area contributed by atoms with Gasteiger partial charge in [-0.05, 0) is 37.6 Å². The first-order valence-electron chi connectivity index (χ1n) is 7.00. The lowest BCUT2D eigenvalue weighted by Gasteiger charge is -2.29. The number of nitrogens with zero attached hydrogens (tertiary/aromatic N) is 1. The Bertz CT molecular complexity index is 384. The number of nitrogens with one attached hydrogen (secondary N) is 1. The first kappa shape index (κ1) is 14.2. The Morgan fingerprint density at radius 2 is 1.89 bits per heavy atom. The second-order valence-electron chi connectivity index (χ2n) is 5.35. The molecule has 1 atom stereocenters. The van der Waals surface area contributed by atoms with E-state index >= 15 is 0 Å². The molecule has 1 aliphatic rings. The maximum Gasteiger partial charge on any atom is 0.0788 e. The fourth-order valence-corrected chi connectivity index (χ4v) is 2.03. The predicted molar refractivity (Wildman–Crippen MR) is 78.9 cm³/mol. The molecule has 0 bridgehead atoms. The van der Waals surface area contributed by atoms with Crippen LogP contribution in [0.2, 0.25) is 0 Å². The molecule has 1 fully saturated rings. The van der Waals surface area contributed by atoms with Crippen LogP contribution in [0, 0.1) is 0 Å². The molecule has 1 unspecified atom stereocenters. The summed E-state index contributed by atoms with van der Waals surface area (Å²) in [6, 6.07) is 8.37. The van der Waals surface area contributed by atoms with Crippen molar-refractivity contribution < 1.29 is 9.84 Å². The number of ether oxygens (including phenoxy) is 1. The quantitative estimate of drug-likeness (QED) is 0.855. The van der Waals surface area contributed by atoms with E-state index in [0.717, 1.165) is 38.4 Å². The lowest BCUT2D eigenvalue weighted by atomic mass is 10.0. The van der Waals surface area contributed by atoms with Crippen LogP contribution >= 0.6 is 0 Å². The van der Waals surface area contributed by atoms with Crippen molar-refractivity contribution in [2.24, 2.45) is 0 Å². The summed E-state index contributed by atoms with van der Waals surface area (Å²) in [6.07, 6.45) is 0.742. The molecule has 0 spiro atoms. The van der Waals surface area contributed by atoms with Gasteiger partial charge in [-0.2, -0.15) is 0 Å². The fourth-order valence-electron chi connectivity index (χ4n) is 2.03. The van der Waals surface area contributed by atoms with Crippen LogP contribution in [-0.2, 0) is 4.74 Å². The van der Waals surface area contributed by atoms with E-state index in [9.17, 15) is 5.11 Å². The van der Waals surface area contributed by atoms with E-state index in [1.54, 1.807) is 0 Å². The minimum absolute atomic E-state index is 0.570. The van der Waals surface area contributed by atoms with E-state index in [-0.39, 0.29) is 0 Å². The molecule has 1 aliphatic heterocycles. The summed E-state index contributed by atoms with van der Waals surface area (Å²) >= 11 is 0. The van der Waals surface area contributed by atoms with Crippen LogP contribution in [0.3, 0.4) is 0 Å². The van der Waals surface area contributed by atoms with Gasteiger partial charge in [0.15, 0.2) is 0 Å². The molecule has 0 aliphatic carbocycles. The molecule has 2 rings (SSSR count). The van der Waals surface area contributed by atoms with Crippen molar-refractivity contribution in [3.05, 3.63) is 24.3 Å². The minimum atomic E-state index is -0.650. The summed E-state index contributed by atoms with van der Waals surface area (Å²) < 4.78 is 5.35. The maximum atomic E-state index is 9.96. The first-order valence-corrected chi connectivity index (χ1v) is 7.00. The average Bonchev–Trinajstić information content (AvgIpc) is 2.47. The van der Waals surface area contributed by atoms with Crippen LogP contribution in [-0.4, -0.2) is 43.6 Å². The molecule has 4 nitrogen and oxygen atoms in total. The Balaban J connectivity index is 1.91. The van der Waals surface area contributed by atoms with Gasteiger partial charge < -0.3 is 20.1 Å². The van der Waals surface area contributed by atoms with E-state index in [2.05, 4.69) is 34.5 Å². The van der Waals surface area contributed by atoms with Crippen molar-refractivity contribution >= 4 is 11.4 Å². The summed E-state index contributed by atoms with van der Waals surface area (Å²) in [5.74, 6) is 0. The van der Waals surface area contributed by atoms with Crippen LogP contribution in [0.4, 0.5) is 11.4 Å². The number of rotatable bonds is 5. The molecule has 4 heteroatoms. The third kappa shape index (κ3) is 4.11. The molecular formula is C15H24N2O2. The van der Waals surface area contributed by atoms with Gasteiger partial charge in [-0.1, -0.05) is 6.92 Å². The molecule has 1 aromatic rings. The number of anilines is 2. The van der Waals surface area contributed by atoms with Gasteiger partial charge in [-0.3, -0.25) is 0 Å². The number of benzene rings is 1. The highest BCUT2D eigenvalue weighted by Crippen LogP contribution is 2.19. The molecular weight excluding hydrogens is 240 g/mol. The van der Waals surface area contributed by atoms with Crippen molar-refractivity contribution in [1.82, 2.24) is 0 Å². The van der Waals surface area contributed by atoms with Crippen LogP contribution in [0.15, 0.2) is 24.3 Å².